The molecule has 0 spiro atoms. The molecule has 0 aromatic rings. The highest BCUT2D eigenvalue weighted by Gasteiger charge is 2.35. The number of hydrogen-bond acceptors (Lipinski definition) is 3. The predicted molar refractivity (Wildman–Crippen MR) is 65.1 cm³/mol. The van der Waals surface area contributed by atoms with Crippen molar-refractivity contribution in [2.45, 2.75) is 36.7 Å². The van der Waals surface area contributed by atoms with Crippen molar-refractivity contribution in [1.82, 2.24) is 5.32 Å². The van der Waals surface area contributed by atoms with Crippen molar-refractivity contribution in [3.63, 3.8) is 0 Å². The van der Waals surface area contributed by atoms with E-state index in [-0.39, 0.29) is 6.61 Å². The maximum Gasteiger partial charge on any atom is 0.409 e. The van der Waals surface area contributed by atoms with Crippen LogP contribution in [0.15, 0.2) is 0 Å². The summed E-state index contributed by atoms with van der Waals surface area (Å²) in [4.78, 5) is 11.1. The van der Waals surface area contributed by atoms with Gasteiger partial charge in [0.2, 0.25) is 3.79 Å². The number of carbonyl (C=O) groups excluding carboxylic acids is 1. The van der Waals surface area contributed by atoms with Gasteiger partial charge in [-0.15, -0.1) is 0 Å². The van der Waals surface area contributed by atoms with E-state index in [4.69, 9.17) is 39.5 Å². The Morgan fingerprint density at radius 3 is 2.44 bits per heavy atom. The molecule has 0 aromatic heterocycles. The zero-order valence-electron chi connectivity index (χ0n) is 9.26. The fourth-order valence-electron chi connectivity index (χ4n) is 0.843. The van der Waals surface area contributed by atoms with Gasteiger partial charge < -0.3 is 9.47 Å². The Morgan fingerprint density at radius 2 is 2.00 bits per heavy atom. The van der Waals surface area contributed by atoms with Gasteiger partial charge in [-0.25, -0.2) is 4.79 Å². The zero-order valence-corrected chi connectivity index (χ0v) is 11.5. The maximum atomic E-state index is 11.1. The molecule has 0 saturated heterocycles. The van der Waals surface area contributed by atoms with Crippen LogP contribution >= 0.6 is 34.8 Å². The highest BCUT2D eigenvalue weighted by molar-refractivity contribution is 6.68. The second kappa shape index (κ2) is 8.23. The molecule has 0 aliphatic rings. The molecule has 0 radical (unpaired) electrons. The number of ether oxygens (including phenoxy) is 2. The summed E-state index contributed by atoms with van der Waals surface area (Å²) in [6, 6.07) is 0. The Kier molecular flexibility index (Phi) is 8.28. The van der Waals surface area contributed by atoms with Crippen molar-refractivity contribution in [3.8, 4) is 0 Å². The van der Waals surface area contributed by atoms with Crippen molar-refractivity contribution >= 4 is 40.9 Å². The van der Waals surface area contributed by atoms with E-state index in [1.165, 1.54) is 0 Å². The summed E-state index contributed by atoms with van der Waals surface area (Å²) >= 11 is 17.0. The molecule has 4 nitrogen and oxygen atoms in total. The third-order valence-corrected chi connectivity index (χ3v) is 2.20. The average Bonchev–Trinajstić information content (AvgIpc) is 2.15. The summed E-state index contributed by atoms with van der Waals surface area (Å²) < 4.78 is 8.20. The lowest BCUT2D eigenvalue weighted by Gasteiger charge is -2.25. The zero-order chi connectivity index (χ0) is 12.6. The maximum absolute atomic E-state index is 11.1. The first kappa shape index (κ1) is 16.1. The Balaban J connectivity index is 4.16. The lowest BCUT2D eigenvalue weighted by atomic mass is 10.4. The minimum absolute atomic E-state index is 0.243. The first-order chi connectivity index (χ1) is 7.41. The van der Waals surface area contributed by atoms with E-state index in [0.717, 1.165) is 12.8 Å². The fraction of sp³-hybridized carbons (Fsp3) is 0.889. The van der Waals surface area contributed by atoms with Gasteiger partial charge in [-0.2, -0.15) is 0 Å². The standard InChI is InChI=1S/C9H16Cl3NO3/c1-3-5-6-16-7(9(10,11)12)13-8(14)15-4-2/h7H,3-6H2,1-2H3,(H,13,14)/t7-/m1/s1. The minimum Gasteiger partial charge on any atom is -0.450 e. The molecule has 0 bridgehead atoms. The van der Waals surface area contributed by atoms with Crippen molar-refractivity contribution < 1.29 is 14.3 Å². The van der Waals surface area contributed by atoms with E-state index >= 15 is 0 Å². The number of carbonyl (C=O) groups is 1. The molecule has 7 heteroatoms. The van der Waals surface area contributed by atoms with E-state index < -0.39 is 16.1 Å². The minimum atomic E-state index is -1.72. The predicted octanol–water partition coefficient (Wildman–Crippen LogP) is 3.25. The number of unbranched alkanes of at least 4 members (excludes halogenated alkanes) is 1. The number of nitrogens with one attached hydrogen (secondary N) is 1. The third kappa shape index (κ3) is 7.39. The van der Waals surface area contributed by atoms with Crippen molar-refractivity contribution in [3.05, 3.63) is 0 Å². The first-order valence-electron chi connectivity index (χ1n) is 5.03. The molecule has 96 valence electrons. The normalized spacial score (nSPS) is 13.3. The van der Waals surface area contributed by atoms with E-state index in [9.17, 15) is 4.79 Å². The quantitative estimate of drug-likeness (QED) is 0.464. The van der Waals surface area contributed by atoms with Crippen LogP contribution in [0.25, 0.3) is 0 Å². The smallest absolute Gasteiger partial charge is 0.409 e. The van der Waals surface area contributed by atoms with Gasteiger partial charge >= 0.3 is 6.09 Å². The van der Waals surface area contributed by atoms with Crippen LogP contribution in [0.3, 0.4) is 0 Å². The summed E-state index contributed by atoms with van der Waals surface area (Å²) in [5, 5.41) is 2.34. The van der Waals surface area contributed by atoms with Crippen LogP contribution in [0, 0.1) is 0 Å². The van der Waals surface area contributed by atoms with Gasteiger partial charge in [0, 0.05) is 6.61 Å². The molecule has 0 aromatic carbocycles. The third-order valence-electron chi connectivity index (χ3n) is 1.60. The number of halogens is 3. The van der Waals surface area contributed by atoms with Gasteiger partial charge in [-0.3, -0.25) is 5.32 Å². The Bertz CT molecular complexity index is 209. The van der Waals surface area contributed by atoms with Gasteiger partial charge in [0.1, 0.15) is 0 Å². The molecule has 0 unspecified atom stereocenters. The van der Waals surface area contributed by atoms with E-state index in [1.54, 1.807) is 6.92 Å². The summed E-state index contributed by atoms with van der Waals surface area (Å²) in [6.45, 7) is 4.34. The molecule has 1 N–H and O–H groups in total. The molecule has 0 fully saturated rings. The lowest BCUT2D eigenvalue weighted by Crippen LogP contribution is -2.46. The largest absolute Gasteiger partial charge is 0.450 e. The summed E-state index contributed by atoms with van der Waals surface area (Å²) in [6.07, 6.45) is 0.0895. The summed E-state index contributed by atoms with van der Waals surface area (Å²) in [5.41, 5.74) is 0. The molecule has 1 amide bonds. The molecule has 16 heavy (non-hydrogen) atoms. The Morgan fingerprint density at radius 1 is 1.38 bits per heavy atom. The Labute approximate surface area is 111 Å². The molecule has 0 aliphatic carbocycles. The number of alkyl carbamates (subject to hydrolysis) is 1. The van der Waals surface area contributed by atoms with E-state index in [2.05, 4.69) is 10.1 Å². The molecule has 0 rings (SSSR count). The number of hydrogen-bond donors (Lipinski definition) is 1. The van der Waals surface area contributed by atoms with Crippen LogP contribution in [0.2, 0.25) is 0 Å². The van der Waals surface area contributed by atoms with Gasteiger partial charge in [0.25, 0.3) is 0 Å². The van der Waals surface area contributed by atoms with Crippen LogP contribution in [0.5, 0.6) is 0 Å². The number of rotatable bonds is 6. The van der Waals surface area contributed by atoms with Crippen LogP contribution in [0.1, 0.15) is 26.7 Å². The highest BCUT2D eigenvalue weighted by Crippen LogP contribution is 2.31. The topological polar surface area (TPSA) is 47.6 Å². The van der Waals surface area contributed by atoms with Crippen molar-refractivity contribution in [2.24, 2.45) is 0 Å². The van der Waals surface area contributed by atoms with Crippen LogP contribution in [0.4, 0.5) is 4.79 Å². The van der Waals surface area contributed by atoms with Crippen LogP contribution < -0.4 is 5.32 Å². The molecular formula is C9H16Cl3NO3. The second-order valence-electron chi connectivity index (χ2n) is 3.01. The Hall–Kier alpha value is 0.1000. The summed E-state index contributed by atoms with van der Waals surface area (Å²) in [7, 11) is 0. The number of alkyl halides is 3. The van der Waals surface area contributed by atoms with E-state index in [0.29, 0.717) is 6.61 Å². The summed E-state index contributed by atoms with van der Waals surface area (Å²) in [5.74, 6) is 0. The molecule has 0 saturated carbocycles. The first-order valence-corrected chi connectivity index (χ1v) is 6.16. The lowest BCUT2D eigenvalue weighted by molar-refractivity contribution is 0.0276. The average molecular weight is 293 g/mol. The molecule has 1 atom stereocenters. The number of amides is 1. The molecule has 0 heterocycles. The van der Waals surface area contributed by atoms with Crippen molar-refractivity contribution in [1.29, 1.82) is 0 Å². The SMILES string of the molecule is CCCCO[C@@H](NC(=O)OCC)C(Cl)(Cl)Cl. The van der Waals surface area contributed by atoms with E-state index in [1.807, 2.05) is 6.92 Å². The van der Waals surface area contributed by atoms with Gasteiger partial charge in [0.05, 0.1) is 6.61 Å². The van der Waals surface area contributed by atoms with Gasteiger partial charge in [-0.1, -0.05) is 48.1 Å². The molecule has 0 aliphatic heterocycles. The fourth-order valence-corrected chi connectivity index (χ4v) is 1.20. The highest BCUT2D eigenvalue weighted by atomic mass is 35.6. The van der Waals surface area contributed by atoms with Crippen LogP contribution in [-0.4, -0.2) is 29.3 Å². The van der Waals surface area contributed by atoms with Crippen molar-refractivity contribution in [2.75, 3.05) is 13.2 Å². The monoisotopic (exact) mass is 291 g/mol. The van der Waals surface area contributed by atoms with Gasteiger partial charge in [0.15, 0.2) is 6.23 Å². The molecular weight excluding hydrogens is 276 g/mol. The van der Waals surface area contributed by atoms with Gasteiger partial charge in [-0.05, 0) is 13.3 Å². The van der Waals surface area contributed by atoms with Crippen LogP contribution in [-0.2, 0) is 9.47 Å². The second-order valence-corrected chi connectivity index (χ2v) is 5.38.